The highest BCUT2D eigenvalue weighted by Crippen LogP contribution is 2.41. The highest BCUT2D eigenvalue weighted by Gasteiger charge is 2.33. The van der Waals surface area contributed by atoms with Gasteiger partial charge in [0, 0.05) is 5.70 Å². The smallest absolute Gasteiger partial charge is 0.338 e. The molecule has 0 aliphatic carbocycles. The lowest BCUT2D eigenvalue weighted by Gasteiger charge is -2.29. The molecule has 1 aromatic carbocycles. The van der Waals surface area contributed by atoms with Crippen molar-refractivity contribution in [1.82, 2.24) is 10.6 Å². The van der Waals surface area contributed by atoms with Crippen molar-refractivity contribution in [2.24, 2.45) is 0 Å². The number of methoxy groups -OCH3 is 3. The lowest BCUT2D eigenvalue weighted by atomic mass is 9.95. The second-order valence-corrected chi connectivity index (χ2v) is 5.98. The Kier molecular flexibility index (Phi) is 5.97. The van der Waals surface area contributed by atoms with Crippen LogP contribution in [-0.2, 0) is 9.53 Å². The van der Waals surface area contributed by atoms with Crippen LogP contribution in [0.1, 0.15) is 32.4 Å². The van der Waals surface area contributed by atoms with Gasteiger partial charge in [-0.3, -0.25) is 0 Å². The largest absolute Gasteiger partial charge is 0.493 e. The van der Waals surface area contributed by atoms with Gasteiger partial charge >= 0.3 is 12.0 Å². The first kappa shape index (κ1) is 19.4. The van der Waals surface area contributed by atoms with E-state index >= 15 is 0 Å². The number of ether oxygens (including phenoxy) is 4. The van der Waals surface area contributed by atoms with Crippen LogP contribution in [0.2, 0.25) is 0 Å². The van der Waals surface area contributed by atoms with Gasteiger partial charge in [-0.25, -0.2) is 9.59 Å². The van der Waals surface area contributed by atoms with E-state index < -0.39 is 18.0 Å². The number of amides is 2. The van der Waals surface area contributed by atoms with Crippen LogP contribution in [0, 0.1) is 0 Å². The fraction of sp³-hybridized carbons (Fsp3) is 0.444. The van der Waals surface area contributed by atoms with E-state index in [9.17, 15) is 9.59 Å². The molecule has 8 nitrogen and oxygen atoms in total. The number of carbonyl (C=O) groups is 2. The average molecular weight is 364 g/mol. The van der Waals surface area contributed by atoms with E-state index in [2.05, 4.69) is 10.6 Å². The van der Waals surface area contributed by atoms with Crippen LogP contribution in [0.5, 0.6) is 17.2 Å². The number of benzene rings is 1. The second kappa shape index (κ2) is 7.99. The minimum atomic E-state index is -0.719. The predicted molar refractivity (Wildman–Crippen MR) is 94.4 cm³/mol. The van der Waals surface area contributed by atoms with Crippen LogP contribution in [0.4, 0.5) is 4.79 Å². The minimum absolute atomic E-state index is 0.291. The van der Waals surface area contributed by atoms with Crippen molar-refractivity contribution in [3.8, 4) is 17.2 Å². The van der Waals surface area contributed by atoms with Crippen LogP contribution >= 0.6 is 0 Å². The van der Waals surface area contributed by atoms with Crippen molar-refractivity contribution >= 4 is 12.0 Å². The molecule has 0 fully saturated rings. The van der Waals surface area contributed by atoms with E-state index in [0.717, 1.165) is 0 Å². The first-order valence-electron chi connectivity index (χ1n) is 8.11. The van der Waals surface area contributed by atoms with Gasteiger partial charge in [-0.1, -0.05) is 0 Å². The third-order valence-corrected chi connectivity index (χ3v) is 3.85. The summed E-state index contributed by atoms with van der Waals surface area (Å²) in [7, 11) is 4.50. The Morgan fingerprint density at radius 3 is 2.12 bits per heavy atom. The molecule has 142 valence electrons. The zero-order valence-corrected chi connectivity index (χ0v) is 15.8. The summed E-state index contributed by atoms with van der Waals surface area (Å²) in [5.41, 5.74) is 1.34. The number of carbonyl (C=O) groups excluding carboxylic acids is 2. The van der Waals surface area contributed by atoms with Gasteiger partial charge in [0.05, 0.1) is 39.0 Å². The molecule has 0 spiro atoms. The molecule has 1 aromatic rings. The minimum Gasteiger partial charge on any atom is -0.493 e. The molecular formula is C18H24N2O6. The molecule has 0 bridgehead atoms. The molecule has 0 radical (unpaired) electrons. The van der Waals surface area contributed by atoms with Gasteiger partial charge in [-0.15, -0.1) is 0 Å². The van der Waals surface area contributed by atoms with Crippen molar-refractivity contribution in [1.29, 1.82) is 0 Å². The zero-order chi connectivity index (χ0) is 19.4. The van der Waals surface area contributed by atoms with E-state index in [4.69, 9.17) is 18.9 Å². The summed E-state index contributed by atoms with van der Waals surface area (Å²) >= 11 is 0. The van der Waals surface area contributed by atoms with Gasteiger partial charge in [-0.05, 0) is 38.5 Å². The van der Waals surface area contributed by atoms with Gasteiger partial charge < -0.3 is 29.6 Å². The van der Waals surface area contributed by atoms with E-state index in [1.807, 2.05) is 0 Å². The summed E-state index contributed by atoms with van der Waals surface area (Å²) in [5, 5.41) is 5.35. The second-order valence-electron chi connectivity index (χ2n) is 5.98. The standard InChI is InChI=1S/C18H24N2O6/c1-9(2)26-17(21)14-10(3)19-18(22)20-15(14)11-7-12(23-4)16(25-6)13(8-11)24-5/h7-9,15H,1-6H3,(H2,19,20,22). The first-order chi connectivity index (χ1) is 12.3. The average Bonchev–Trinajstić information content (AvgIpc) is 2.58. The molecule has 1 aliphatic heterocycles. The number of nitrogens with one attached hydrogen (secondary N) is 2. The predicted octanol–water partition coefficient (Wildman–Crippen LogP) is 2.29. The SMILES string of the molecule is COc1cc(C2NC(=O)NC(C)=C2C(=O)OC(C)C)cc(OC)c1OC. The Morgan fingerprint density at radius 2 is 1.65 bits per heavy atom. The summed E-state index contributed by atoms with van der Waals surface area (Å²) in [4.78, 5) is 24.6. The Morgan fingerprint density at radius 1 is 1.08 bits per heavy atom. The van der Waals surface area contributed by atoms with Crippen LogP contribution in [0.3, 0.4) is 0 Å². The number of urea groups is 1. The Balaban J connectivity index is 2.57. The Hall–Kier alpha value is -2.90. The Bertz CT molecular complexity index is 716. The summed E-state index contributed by atoms with van der Waals surface area (Å²) in [5.74, 6) is 0.752. The molecule has 1 atom stereocenters. The molecule has 2 N–H and O–H groups in total. The monoisotopic (exact) mass is 364 g/mol. The lowest BCUT2D eigenvalue weighted by molar-refractivity contribution is -0.143. The molecule has 8 heteroatoms. The van der Waals surface area contributed by atoms with Crippen molar-refractivity contribution in [3.63, 3.8) is 0 Å². The van der Waals surface area contributed by atoms with Gasteiger partial charge in [0.15, 0.2) is 11.5 Å². The number of rotatable bonds is 6. The normalized spacial score (nSPS) is 16.7. The van der Waals surface area contributed by atoms with E-state index in [-0.39, 0.29) is 6.10 Å². The van der Waals surface area contributed by atoms with E-state index in [1.54, 1.807) is 32.9 Å². The van der Waals surface area contributed by atoms with Gasteiger partial charge in [0.1, 0.15) is 0 Å². The quantitative estimate of drug-likeness (QED) is 0.752. The highest BCUT2D eigenvalue weighted by atomic mass is 16.5. The zero-order valence-electron chi connectivity index (χ0n) is 15.8. The van der Waals surface area contributed by atoms with Crippen molar-refractivity contribution < 1.29 is 28.5 Å². The molecule has 0 saturated carbocycles. The fourth-order valence-corrected chi connectivity index (χ4v) is 2.76. The van der Waals surface area contributed by atoms with Crippen molar-refractivity contribution in [2.75, 3.05) is 21.3 Å². The molecule has 2 amide bonds. The molecule has 1 aliphatic rings. The summed E-state index contributed by atoms with van der Waals surface area (Å²) < 4.78 is 21.4. The summed E-state index contributed by atoms with van der Waals surface area (Å²) in [6.45, 7) is 5.18. The topological polar surface area (TPSA) is 95.1 Å². The van der Waals surface area contributed by atoms with E-state index in [0.29, 0.717) is 34.1 Å². The first-order valence-corrected chi connectivity index (χ1v) is 8.11. The summed E-state index contributed by atoms with van der Waals surface area (Å²) in [6, 6.07) is 2.24. The molecule has 2 rings (SSSR count). The molecular weight excluding hydrogens is 340 g/mol. The van der Waals surface area contributed by atoms with Crippen LogP contribution in [0.25, 0.3) is 0 Å². The number of hydrogen-bond donors (Lipinski definition) is 2. The van der Waals surface area contributed by atoms with Gasteiger partial charge in [0.2, 0.25) is 5.75 Å². The number of allylic oxidation sites excluding steroid dienone is 1. The lowest BCUT2D eigenvalue weighted by Crippen LogP contribution is -2.45. The molecule has 26 heavy (non-hydrogen) atoms. The highest BCUT2D eigenvalue weighted by molar-refractivity contribution is 5.95. The van der Waals surface area contributed by atoms with Crippen molar-refractivity contribution in [3.05, 3.63) is 29.0 Å². The van der Waals surface area contributed by atoms with Crippen molar-refractivity contribution in [2.45, 2.75) is 32.9 Å². The summed E-state index contributed by atoms with van der Waals surface area (Å²) in [6.07, 6.45) is -0.291. The third-order valence-electron chi connectivity index (χ3n) is 3.85. The third kappa shape index (κ3) is 3.84. The van der Waals surface area contributed by atoms with Crippen LogP contribution in [0.15, 0.2) is 23.4 Å². The molecule has 1 unspecified atom stereocenters. The maximum absolute atomic E-state index is 12.6. The van der Waals surface area contributed by atoms with Gasteiger partial charge in [-0.2, -0.15) is 0 Å². The molecule has 0 saturated heterocycles. The van der Waals surface area contributed by atoms with Crippen LogP contribution in [-0.4, -0.2) is 39.4 Å². The molecule has 1 heterocycles. The van der Waals surface area contributed by atoms with E-state index in [1.165, 1.54) is 21.3 Å². The van der Waals surface area contributed by atoms with Crippen LogP contribution < -0.4 is 24.8 Å². The maximum atomic E-state index is 12.6. The van der Waals surface area contributed by atoms with Gasteiger partial charge in [0.25, 0.3) is 0 Å². The Labute approximate surface area is 152 Å². The fourth-order valence-electron chi connectivity index (χ4n) is 2.76. The number of hydrogen-bond acceptors (Lipinski definition) is 6. The number of esters is 1. The molecule has 0 aromatic heterocycles. The maximum Gasteiger partial charge on any atom is 0.338 e.